The molecule has 0 aliphatic heterocycles. The van der Waals surface area contributed by atoms with Crippen molar-refractivity contribution in [2.24, 2.45) is 5.92 Å². The number of aromatic hydroxyl groups is 1. The van der Waals surface area contributed by atoms with Gasteiger partial charge in [0.1, 0.15) is 35.8 Å². The summed E-state index contributed by atoms with van der Waals surface area (Å²) in [6, 6.07) is 10.1. The number of esters is 2. The fourth-order valence-corrected chi connectivity index (χ4v) is 4.12. The summed E-state index contributed by atoms with van der Waals surface area (Å²) in [7, 11) is 0. The monoisotopic (exact) mass is 613 g/mol. The number of rotatable bonds is 13. The molecule has 0 saturated carbocycles. The van der Waals surface area contributed by atoms with Crippen molar-refractivity contribution < 1.29 is 43.3 Å². The van der Waals surface area contributed by atoms with Crippen molar-refractivity contribution in [1.29, 1.82) is 0 Å². The Hall–Kier alpha value is -4.61. The molecule has 12 heteroatoms. The Bertz CT molecular complexity index is 1290. The first-order valence-electron chi connectivity index (χ1n) is 14.3. The fraction of sp³-hybridized carbons (Fsp3) is 0.469. The van der Waals surface area contributed by atoms with Crippen molar-refractivity contribution in [2.75, 3.05) is 6.61 Å². The zero-order valence-electron chi connectivity index (χ0n) is 26.3. The van der Waals surface area contributed by atoms with Crippen LogP contribution in [-0.4, -0.2) is 65.3 Å². The molecule has 2 aromatic rings. The predicted octanol–water partition coefficient (Wildman–Crippen LogP) is 3.18. The van der Waals surface area contributed by atoms with Crippen molar-refractivity contribution in [2.45, 2.75) is 85.0 Å². The molecule has 0 spiro atoms. The first-order valence-corrected chi connectivity index (χ1v) is 14.3. The second kappa shape index (κ2) is 16.3. The van der Waals surface area contributed by atoms with E-state index >= 15 is 0 Å². The van der Waals surface area contributed by atoms with Gasteiger partial charge in [0.25, 0.3) is 0 Å². The Balaban J connectivity index is 2.22. The molecule has 3 atom stereocenters. The van der Waals surface area contributed by atoms with E-state index in [4.69, 9.17) is 14.2 Å². The zero-order valence-corrected chi connectivity index (χ0v) is 26.3. The number of carbonyl (C=O) groups excluding carboxylic acids is 5. The number of nitrogens with one attached hydrogen (secondary N) is 3. The molecule has 0 fully saturated rings. The normalized spacial score (nSPS) is 13.2. The number of phenols is 1. The lowest BCUT2D eigenvalue weighted by Crippen LogP contribution is -2.58. The van der Waals surface area contributed by atoms with Gasteiger partial charge in [-0.1, -0.05) is 38.1 Å². The van der Waals surface area contributed by atoms with Crippen LogP contribution in [0.1, 0.15) is 59.6 Å². The van der Waals surface area contributed by atoms with E-state index in [0.717, 1.165) is 5.56 Å². The SMILES string of the molecule is CC(=O)OC[C@H](Cc1ccc(OC(C)=O)cc1)NC(=O)[C@@H](NC(=O)[C@H](Cc1ccc(O)cc1)NC(=O)OC(C)(C)C)C(C)C. The Kier molecular flexibility index (Phi) is 13.2. The largest absolute Gasteiger partial charge is 0.508 e. The van der Waals surface area contributed by atoms with Crippen LogP contribution in [0, 0.1) is 5.92 Å². The third-order valence-corrected chi connectivity index (χ3v) is 6.13. The van der Waals surface area contributed by atoms with Gasteiger partial charge in [-0.25, -0.2) is 4.79 Å². The number of ether oxygens (including phenoxy) is 3. The molecule has 12 nitrogen and oxygen atoms in total. The maximum atomic E-state index is 13.5. The lowest BCUT2D eigenvalue weighted by atomic mass is 10.00. The average molecular weight is 614 g/mol. The van der Waals surface area contributed by atoms with E-state index in [1.807, 2.05) is 0 Å². The molecule has 3 amide bonds. The third kappa shape index (κ3) is 13.1. The van der Waals surface area contributed by atoms with Crippen LogP contribution < -0.4 is 20.7 Å². The molecule has 4 N–H and O–H groups in total. The van der Waals surface area contributed by atoms with E-state index < -0.39 is 53.6 Å². The van der Waals surface area contributed by atoms with Crippen LogP contribution in [0.25, 0.3) is 0 Å². The molecular weight excluding hydrogens is 570 g/mol. The summed E-state index contributed by atoms with van der Waals surface area (Å²) in [6.45, 7) is 11.0. The van der Waals surface area contributed by atoms with Gasteiger partial charge in [-0.2, -0.15) is 0 Å². The first-order chi connectivity index (χ1) is 20.5. The summed E-state index contributed by atoms with van der Waals surface area (Å²) in [5.74, 6) is -2.04. The molecule has 0 unspecified atom stereocenters. The number of carbonyl (C=O) groups is 5. The number of hydrogen-bond donors (Lipinski definition) is 4. The number of alkyl carbamates (subject to hydrolysis) is 1. The Morgan fingerprint density at radius 3 is 1.86 bits per heavy atom. The standard InChI is InChI=1S/C32H43N3O9/c1-19(2)28(30(40)33-24(18-42-20(3)36)16-22-10-14-26(15-11-22)43-21(4)37)35-29(39)27(34-31(41)44-32(5,6)7)17-23-8-12-25(38)13-9-23/h8-15,19,24,27-28,38H,16-18H2,1-7H3,(H,33,40)(H,34,41)(H,35,39)/t24-,27-,28-/m0/s1. The molecular formula is C32H43N3O9. The lowest BCUT2D eigenvalue weighted by molar-refractivity contribution is -0.142. The molecule has 0 radical (unpaired) electrons. The van der Waals surface area contributed by atoms with Crippen molar-refractivity contribution in [3.05, 3.63) is 59.7 Å². The average Bonchev–Trinajstić information content (AvgIpc) is 2.90. The van der Waals surface area contributed by atoms with Crippen molar-refractivity contribution in [3.63, 3.8) is 0 Å². The highest BCUT2D eigenvalue weighted by Gasteiger charge is 2.31. The van der Waals surface area contributed by atoms with Gasteiger partial charge in [-0.15, -0.1) is 0 Å². The highest BCUT2D eigenvalue weighted by atomic mass is 16.6. The highest BCUT2D eigenvalue weighted by molar-refractivity contribution is 5.91. The summed E-state index contributed by atoms with van der Waals surface area (Å²) in [5, 5.41) is 17.8. The number of amides is 3. The van der Waals surface area contributed by atoms with E-state index in [0.29, 0.717) is 11.3 Å². The van der Waals surface area contributed by atoms with Gasteiger partial charge in [0, 0.05) is 20.3 Å². The van der Waals surface area contributed by atoms with E-state index in [2.05, 4.69) is 16.0 Å². The molecule has 0 bridgehead atoms. The maximum Gasteiger partial charge on any atom is 0.408 e. The summed E-state index contributed by atoms with van der Waals surface area (Å²) in [6.07, 6.45) is -0.457. The van der Waals surface area contributed by atoms with E-state index in [9.17, 15) is 29.1 Å². The second-order valence-electron chi connectivity index (χ2n) is 11.7. The minimum Gasteiger partial charge on any atom is -0.508 e. The smallest absolute Gasteiger partial charge is 0.408 e. The molecule has 0 saturated heterocycles. The fourth-order valence-electron chi connectivity index (χ4n) is 4.12. The van der Waals surface area contributed by atoms with Crippen LogP contribution in [0.3, 0.4) is 0 Å². The molecule has 44 heavy (non-hydrogen) atoms. The third-order valence-electron chi connectivity index (χ3n) is 6.13. The van der Waals surface area contributed by atoms with Crippen LogP contribution >= 0.6 is 0 Å². The van der Waals surface area contributed by atoms with Crippen molar-refractivity contribution in [1.82, 2.24) is 16.0 Å². The van der Waals surface area contributed by atoms with Crippen LogP contribution in [-0.2, 0) is 41.5 Å². The van der Waals surface area contributed by atoms with Gasteiger partial charge in [-0.3, -0.25) is 19.2 Å². The van der Waals surface area contributed by atoms with Gasteiger partial charge < -0.3 is 35.3 Å². The summed E-state index contributed by atoms with van der Waals surface area (Å²) < 4.78 is 15.6. The van der Waals surface area contributed by atoms with Gasteiger partial charge in [-0.05, 0) is 68.5 Å². The second-order valence-corrected chi connectivity index (χ2v) is 11.7. The summed E-state index contributed by atoms with van der Waals surface area (Å²) in [4.78, 5) is 62.4. The predicted molar refractivity (Wildman–Crippen MR) is 162 cm³/mol. The van der Waals surface area contributed by atoms with Gasteiger partial charge in [0.05, 0.1) is 6.04 Å². The van der Waals surface area contributed by atoms with Crippen molar-refractivity contribution >= 4 is 29.8 Å². The van der Waals surface area contributed by atoms with Crippen LogP contribution in [0.15, 0.2) is 48.5 Å². The van der Waals surface area contributed by atoms with Crippen LogP contribution in [0.4, 0.5) is 4.79 Å². The van der Waals surface area contributed by atoms with Gasteiger partial charge >= 0.3 is 18.0 Å². The quantitative estimate of drug-likeness (QED) is 0.196. The minimum absolute atomic E-state index is 0.0510. The summed E-state index contributed by atoms with van der Waals surface area (Å²) in [5.41, 5.74) is 0.631. The van der Waals surface area contributed by atoms with Gasteiger partial charge in [0.2, 0.25) is 11.8 Å². The number of phenolic OH excluding ortho intramolecular Hbond substituents is 1. The molecule has 2 aromatic carbocycles. The highest BCUT2D eigenvalue weighted by Crippen LogP contribution is 2.16. The first kappa shape index (κ1) is 35.6. The van der Waals surface area contributed by atoms with Crippen molar-refractivity contribution in [3.8, 4) is 11.5 Å². The Morgan fingerprint density at radius 2 is 1.34 bits per heavy atom. The topological polar surface area (TPSA) is 169 Å². The molecule has 0 heterocycles. The number of benzene rings is 2. The minimum atomic E-state index is -1.10. The molecule has 0 aliphatic rings. The lowest BCUT2D eigenvalue weighted by Gasteiger charge is -2.28. The van der Waals surface area contributed by atoms with E-state index in [-0.39, 0.29) is 31.1 Å². The molecule has 240 valence electrons. The maximum absolute atomic E-state index is 13.5. The van der Waals surface area contributed by atoms with Crippen LogP contribution in [0.2, 0.25) is 0 Å². The van der Waals surface area contributed by atoms with E-state index in [1.54, 1.807) is 71.0 Å². The molecule has 0 aromatic heterocycles. The van der Waals surface area contributed by atoms with Gasteiger partial charge in [0.15, 0.2) is 0 Å². The van der Waals surface area contributed by atoms with E-state index in [1.165, 1.54) is 26.0 Å². The molecule has 2 rings (SSSR count). The number of hydrogen-bond acceptors (Lipinski definition) is 9. The summed E-state index contributed by atoms with van der Waals surface area (Å²) >= 11 is 0. The van der Waals surface area contributed by atoms with Crippen LogP contribution in [0.5, 0.6) is 11.5 Å². The Labute approximate surface area is 257 Å². The Morgan fingerprint density at radius 1 is 0.773 bits per heavy atom. The molecule has 0 aliphatic carbocycles. The zero-order chi connectivity index (χ0) is 33.0.